The van der Waals surface area contributed by atoms with Crippen LogP contribution in [0, 0.1) is 0 Å². The molecule has 1 aromatic heterocycles. The van der Waals surface area contributed by atoms with Crippen LogP contribution in [0.2, 0.25) is 5.02 Å². The maximum absolute atomic E-state index is 12.3. The van der Waals surface area contributed by atoms with Crippen LogP contribution in [0.25, 0.3) is 11.3 Å². The summed E-state index contributed by atoms with van der Waals surface area (Å²) >= 11 is 5.87. The SMILES string of the molecule is CC1COCCN1C(=O)Cc1cc(-c2ccc(Cl)cc2)on1. The van der Waals surface area contributed by atoms with Crippen molar-refractivity contribution < 1.29 is 14.1 Å². The Kier molecular flexibility index (Phi) is 4.45. The zero-order valence-corrected chi connectivity index (χ0v) is 13.0. The summed E-state index contributed by atoms with van der Waals surface area (Å²) in [5, 5.41) is 4.65. The summed E-state index contributed by atoms with van der Waals surface area (Å²) in [4.78, 5) is 14.2. The Morgan fingerprint density at radius 2 is 2.18 bits per heavy atom. The van der Waals surface area contributed by atoms with Gasteiger partial charge in [-0.05, 0) is 31.2 Å². The summed E-state index contributed by atoms with van der Waals surface area (Å²) in [6.45, 7) is 3.78. The lowest BCUT2D eigenvalue weighted by Gasteiger charge is -2.33. The van der Waals surface area contributed by atoms with Crippen molar-refractivity contribution in [3.05, 3.63) is 41.0 Å². The zero-order valence-electron chi connectivity index (χ0n) is 12.3. The van der Waals surface area contributed by atoms with E-state index in [0.717, 1.165) is 5.56 Å². The molecule has 1 fully saturated rings. The van der Waals surface area contributed by atoms with Crippen LogP contribution in [0.4, 0.5) is 0 Å². The zero-order chi connectivity index (χ0) is 15.5. The maximum atomic E-state index is 12.3. The fourth-order valence-corrected chi connectivity index (χ4v) is 2.63. The minimum atomic E-state index is 0.0479. The Hall–Kier alpha value is -1.85. The average Bonchev–Trinajstić information content (AvgIpc) is 2.97. The number of halogens is 1. The Balaban J connectivity index is 1.68. The van der Waals surface area contributed by atoms with Crippen molar-refractivity contribution in [3.8, 4) is 11.3 Å². The molecule has 1 aliphatic rings. The monoisotopic (exact) mass is 320 g/mol. The summed E-state index contributed by atoms with van der Waals surface area (Å²) in [5.74, 6) is 0.682. The van der Waals surface area contributed by atoms with E-state index in [1.165, 1.54) is 0 Å². The van der Waals surface area contributed by atoms with Gasteiger partial charge in [0.25, 0.3) is 0 Å². The van der Waals surface area contributed by atoms with E-state index in [0.29, 0.717) is 36.2 Å². The highest BCUT2D eigenvalue weighted by Crippen LogP contribution is 2.22. The van der Waals surface area contributed by atoms with E-state index in [1.807, 2.05) is 24.0 Å². The van der Waals surface area contributed by atoms with E-state index in [-0.39, 0.29) is 18.4 Å². The Bertz CT molecular complexity index is 654. The molecule has 0 bridgehead atoms. The highest BCUT2D eigenvalue weighted by Gasteiger charge is 2.24. The molecule has 0 radical (unpaired) electrons. The largest absolute Gasteiger partial charge is 0.377 e. The van der Waals surface area contributed by atoms with Crippen LogP contribution in [-0.2, 0) is 16.0 Å². The van der Waals surface area contributed by atoms with Gasteiger partial charge in [-0.3, -0.25) is 4.79 Å². The van der Waals surface area contributed by atoms with Crippen LogP contribution in [-0.4, -0.2) is 41.8 Å². The van der Waals surface area contributed by atoms with Crippen molar-refractivity contribution in [1.29, 1.82) is 0 Å². The minimum Gasteiger partial charge on any atom is -0.377 e. The van der Waals surface area contributed by atoms with Crippen LogP contribution in [0.5, 0.6) is 0 Å². The van der Waals surface area contributed by atoms with Gasteiger partial charge < -0.3 is 14.2 Å². The number of amides is 1. The number of benzene rings is 1. The number of rotatable bonds is 3. The smallest absolute Gasteiger partial charge is 0.229 e. The molecule has 0 N–H and O–H groups in total. The summed E-state index contributed by atoms with van der Waals surface area (Å²) < 4.78 is 10.7. The molecule has 1 aromatic carbocycles. The molecule has 1 saturated heterocycles. The molecule has 1 aliphatic heterocycles. The molecule has 2 heterocycles. The molecule has 3 rings (SSSR count). The molecule has 2 aromatic rings. The lowest BCUT2D eigenvalue weighted by atomic mass is 10.1. The summed E-state index contributed by atoms with van der Waals surface area (Å²) in [7, 11) is 0. The molecule has 1 unspecified atom stereocenters. The van der Waals surface area contributed by atoms with Crippen LogP contribution in [0.1, 0.15) is 12.6 Å². The predicted octanol–water partition coefficient (Wildman–Crippen LogP) is 2.78. The Morgan fingerprint density at radius 3 is 2.91 bits per heavy atom. The first-order chi connectivity index (χ1) is 10.6. The first kappa shape index (κ1) is 15.1. The van der Waals surface area contributed by atoms with Gasteiger partial charge in [0.05, 0.1) is 31.4 Å². The van der Waals surface area contributed by atoms with Gasteiger partial charge in [-0.1, -0.05) is 16.8 Å². The fourth-order valence-electron chi connectivity index (χ4n) is 2.50. The van der Waals surface area contributed by atoms with Crippen molar-refractivity contribution in [2.45, 2.75) is 19.4 Å². The van der Waals surface area contributed by atoms with Crippen molar-refractivity contribution in [1.82, 2.24) is 10.1 Å². The van der Waals surface area contributed by atoms with E-state index >= 15 is 0 Å². The molecular weight excluding hydrogens is 304 g/mol. The fraction of sp³-hybridized carbons (Fsp3) is 0.375. The highest BCUT2D eigenvalue weighted by atomic mass is 35.5. The lowest BCUT2D eigenvalue weighted by molar-refractivity contribution is -0.138. The number of morpholine rings is 1. The van der Waals surface area contributed by atoms with Crippen LogP contribution in [0.15, 0.2) is 34.9 Å². The molecule has 116 valence electrons. The first-order valence-electron chi connectivity index (χ1n) is 7.22. The van der Waals surface area contributed by atoms with Crippen molar-refractivity contribution in [2.75, 3.05) is 19.8 Å². The number of ether oxygens (including phenoxy) is 1. The molecule has 5 nitrogen and oxygen atoms in total. The third-order valence-corrected chi connectivity index (χ3v) is 3.96. The van der Waals surface area contributed by atoms with Crippen LogP contribution < -0.4 is 0 Å². The molecular formula is C16H17ClN2O3. The van der Waals surface area contributed by atoms with Crippen LogP contribution in [0.3, 0.4) is 0 Å². The predicted molar refractivity (Wildman–Crippen MR) is 82.6 cm³/mol. The topological polar surface area (TPSA) is 55.6 Å². The van der Waals surface area contributed by atoms with Gasteiger partial charge in [0, 0.05) is 23.2 Å². The van der Waals surface area contributed by atoms with Crippen molar-refractivity contribution in [2.24, 2.45) is 0 Å². The second kappa shape index (κ2) is 6.50. The van der Waals surface area contributed by atoms with E-state index in [4.69, 9.17) is 20.9 Å². The summed E-state index contributed by atoms with van der Waals surface area (Å²) in [5.41, 5.74) is 1.52. The Morgan fingerprint density at radius 1 is 1.41 bits per heavy atom. The third-order valence-electron chi connectivity index (χ3n) is 3.71. The van der Waals surface area contributed by atoms with E-state index in [9.17, 15) is 4.79 Å². The molecule has 0 saturated carbocycles. The number of carbonyl (C=O) groups excluding carboxylic acids is 1. The van der Waals surface area contributed by atoms with Gasteiger partial charge in [-0.25, -0.2) is 0 Å². The summed E-state index contributed by atoms with van der Waals surface area (Å²) in [6, 6.07) is 9.20. The van der Waals surface area contributed by atoms with E-state index in [2.05, 4.69) is 5.16 Å². The van der Waals surface area contributed by atoms with Gasteiger partial charge in [0.2, 0.25) is 5.91 Å². The van der Waals surface area contributed by atoms with E-state index < -0.39 is 0 Å². The van der Waals surface area contributed by atoms with E-state index in [1.54, 1.807) is 18.2 Å². The van der Waals surface area contributed by atoms with Gasteiger partial charge in [0.15, 0.2) is 5.76 Å². The lowest BCUT2D eigenvalue weighted by Crippen LogP contribution is -2.47. The number of aromatic nitrogens is 1. The number of hydrogen-bond donors (Lipinski definition) is 0. The van der Waals surface area contributed by atoms with Crippen molar-refractivity contribution in [3.63, 3.8) is 0 Å². The first-order valence-corrected chi connectivity index (χ1v) is 7.60. The molecule has 6 heteroatoms. The molecule has 1 amide bonds. The highest BCUT2D eigenvalue weighted by molar-refractivity contribution is 6.30. The second-order valence-corrected chi connectivity index (χ2v) is 5.81. The third kappa shape index (κ3) is 3.31. The molecule has 0 aliphatic carbocycles. The summed E-state index contributed by atoms with van der Waals surface area (Å²) in [6.07, 6.45) is 0.238. The number of nitrogens with zero attached hydrogens (tertiary/aromatic N) is 2. The second-order valence-electron chi connectivity index (χ2n) is 5.38. The van der Waals surface area contributed by atoms with Gasteiger partial charge in [0.1, 0.15) is 0 Å². The normalized spacial score (nSPS) is 18.5. The minimum absolute atomic E-state index is 0.0479. The molecule has 22 heavy (non-hydrogen) atoms. The van der Waals surface area contributed by atoms with Gasteiger partial charge >= 0.3 is 0 Å². The quantitative estimate of drug-likeness (QED) is 0.872. The average molecular weight is 321 g/mol. The van der Waals surface area contributed by atoms with Gasteiger partial charge in [-0.15, -0.1) is 0 Å². The molecule has 1 atom stereocenters. The molecule has 0 spiro atoms. The van der Waals surface area contributed by atoms with Gasteiger partial charge in [-0.2, -0.15) is 0 Å². The number of hydrogen-bond acceptors (Lipinski definition) is 4. The maximum Gasteiger partial charge on any atom is 0.229 e. The van der Waals surface area contributed by atoms with Crippen LogP contribution >= 0.6 is 11.6 Å². The van der Waals surface area contributed by atoms with Crippen molar-refractivity contribution >= 4 is 17.5 Å². The standard InChI is InChI=1S/C16H17ClN2O3/c1-11-10-21-7-6-19(11)16(20)9-14-8-15(22-18-14)12-2-4-13(17)5-3-12/h2-5,8,11H,6-7,9-10H2,1H3. The number of carbonyl (C=O) groups is 1. The Labute approximate surface area is 133 Å².